The fourth-order valence-corrected chi connectivity index (χ4v) is 10.8. The van der Waals surface area contributed by atoms with Crippen LogP contribution in [0.25, 0.3) is 11.2 Å². The Morgan fingerprint density at radius 2 is 1.61 bits per heavy atom. The molecule has 0 aromatic carbocycles. The molecule has 2 rings (SSSR count). The molecule has 0 saturated heterocycles. The first-order valence-corrected chi connectivity index (χ1v) is 13.1. The average Bonchev–Trinajstić information content (AvgIpc) is 2.59. The number of hydrogen-bond acceptors (Lipinski definition) is 4. The van der Waals surface area contributed by atoms with E-state index in [2.05, 4.69) is 63.9 Å². The Kier molecular flexibility index (Phi) is 4.77. The van der Waals surface area contributed by atoms with Crippen molar-refractivity contribution >= 4 is 27.6 Å². The van der Waals surface area contributed by atoms with Gasteiger partial charge in [-0.15, -0.1) is 0 Å². The lowest BCUT2D eigenvalue weighted by atomic mass is 10.6. The summed E-state index contributed by atoms with van der Waals surface area (Å²) in [7, 11) is -1.96. The topological polar surface area (TPSA) is 66.5 Å². The van der Waals surface area contributed by atoms with E-state index in [9.17, 15) is 0 Å². The molecule has 18 heavy (non-hydrogen) atoms. The number of nitrogens with one attached hydrogen (secondary N) is 2. The van der Waals surface area contributed by atoms with Gasteiger partial charge in [0.2, 0.25) is 0 Å². The maximum absolute atomic E-state index is 3.91. The van der Waals surface area contributed by atoms with Gasteiger partial charge in [-0.1, -0.05) is 39.3 Å². The summed E-state index contributed by atoms with van der Waals surface area (Å²) in [5, 5.41) is 0. The van der Waals surface area contributed by atoms with Gasteiger partial charge < -0.3 is 9.63 Å². The van der Waals surface area contributed by atoms with Gasteiger partial charge in [0.05, 0.1) is 12.5 Å². The van der Waals surface area contributed by atoms with E-state index in [1.54, 1.807) is 12.5 Å². The highest BCUT2D eigenvalue weighted by atomic mass is 28.4. The van der Waals surface area contributed by atoms with E-state index >= 15 is 0 Å². The molecule has 2 aromatic rings. The number of aromatic amines is 1. The van der Waals surface area contributed by atoms with Gasteiger partial charge in [0, 0.05) is 0 Å². The molecule has 2 N–H and O–H groups in total. The molecule has 2 heterocycles. The van der Waals surface area contributed by atoms with Gasteiger partial charge in [0.1, 0.15) is 28.3 Å². The first-order chi connectivity index (χ1) is 8.17. The van der Waals surface area contributed by atoms with E-state index < -0.39 is 16.5 Å². The standard InChI is InChI=1S/C6H19NSi2.C5H4N4/c1-8(2,3)7-9(4,5)6;1-4-5(8-2-6-1)9-3-7-4/h7H,1-6H3;1-3H,(H,6,7,8,9). The molecule has 0 bridgehead atoms. The lowest BCUT2D eigenvalue weighted by molar-refractivity contribution is 1.20. The maximum Gasteiger partial charge on any atom is 0.180 e. The van der Waals surface area contributed by atoms with E-state index in [4.69, 9.17) is 0 Å². The first kappa shape index (κ1) is 15.0. The van der Waals surface area contributed by atoms with Gasteiger partial charge in [-0.2, -0.15) is 0 Å². The Morgan fingerprint density at radius 3 is 2.06 bits per heavy atom. The molecule has 0 spiro atoms. The van der Waals surface area contributed by atoms with E-state index in [1.807, 2.05) is 0 Å². The normalized spacial score (nSPS) is 12.1. The lowest BCUT2D eigenvalue weighted by Crippen LogP contribution is -2.55. The largest absolute Gasteiger partial charge is 0.360 e. The summed E-state index contributed by atoms with van der Waals surface area (Å²) in [6.45, 7) is 14.1. The van der Waals surface area contributed by atoms with Gasteiger partial charge in [0.25, 0.3) is 0 Å². The summed E-state index contributed by atoms with van der Waals surface area (Å²) in [5.41, 5.74) is 1.59. The predicted octanol–water partition coefficient (Wildman–Crippen LogP) is 2.60. The number of rotatable bonds is 2. The molecule has 100 valence electrons. The van der Waals surface area contributed by atoms with Crippen LogP contribution in [-0.2, 0) is 0 Å². The predicted molar refractivity (Wildman–Crippen MR) is 81.5 cm³/mol. The summed E-state index contributed by atoms with van der Waals surface area (Å²) in [4.78, 5) is 14.5. The summed E-state index contributed by atoms with van der Waals surface area (Å²) >= 11 is 0. The quantitative estimate of drug-likeness (QED) is 0.830. The fourth-order valence-electron chi connectivity index (χ4n) is 1.82. The fraction of sp³-hybridized carbons (Fsp3) is 0.545. The number of H-pyrrole nitrogens is 1. The number of hydrogen-bond donors (Lipinski definition) is 2. The van der Waals surface area contributed by atoms with Crippen LogP contribution in [0, 0.1) is 0 Å². The average molecular weight is 282 g/mol. The highest BCUT2D eigenvalue weighted by molar-refractivity contribution is 6.90. The van der Waals surface area contributed by atoms with Crippen molar-refractivity contribution in [2.75, 3.05) is 0 Å². The molecule has 0 fully saturated rings. The minimum atomic E-state index is -0.981. The van der Waals surface area contributed by atoms with Crippen LogP contribution in [0.2, 0.25) is 39.3 Å². The molecule has 0 atom stereocenters. The monoisotopic (exact) mass is 281 g/mol. The van der Waals surface area contributed by atoms with E-state index in [-0.39, 0.29) is 0 Å². The molecule has 0 aliphatic rings. The molecule has 0 amide bonds. The lowest BCUT2D eigenvalue weighted by Gasteiger charge is -2.28. The van der Waals surface area contributed by atoms with Gasteiger partial charge in [-0.25, -0.2) is 15.0 Å². The zero-order valence-corrected chi connectivity index (χ0v) is 14.1. The first-order valence-electron chi connectivity index (χ1n) is 6.06. The minimum absolute atomic E-state index is 0.713. The van der Waals surface area contributed by atoms with Gasteiger partial charge in [-0.3, -0.25) is 0 Å². The summed E-state index contributed by atoms with van der Waals surface area (Å²) in [5.74, 6) is 0. The molecule has 2 aromatic heterocycles. The molecule has 0 unspecified atom stereocenters. The van der Waals surface area contributed by atoms with Crippen LogP contribution in [-0.4, -0.2) is 36.4 Å². The van der Waals surface area contributed by atoms with Crippen molar-refractivity contribution in [3.63, 3.8) is 0 Å². The molecule has 0 aliphatic heterocycles. The van der Waals surface area contributed by atoms with Crippen LogP contribution in [0.15, 0.2) is 18.9 Å². The maximum atomic E-state index is 3.91. The molecular weight excluding hydrogens is 258 g/mol. The van der Waals surface area contributed by atoms with Crippen LogP contribution >= 0.6 is 0 Å². The Bertz CT molecular complexity index is 442. The van der Waals surface area contributed by atoms with Gasteiger partial charge >= 0.3 is 0 Å². The molecule has 7 heteroatoms. The van der Waals surface area contributed by atoms with E-state index in [0.717, 1.165) is 5.52 Å². The van der Waals surface area contributed by atoms with Crippen LogP contribution in [0.1, 0.15) is 0 Å². The van der Waals surface area contributed by atoms with Crippen LogP contribution < -0.4 is 4.65 Å². The SMILES string of the molecule is C[Si](C)(C)N[Si](C)(C)C.c1ncc2[nH]cnc2n1. The Hall–Kier alpha value is -1.06. The van der Waals surface area contributed by atoms with Crippen LogP contribution in [0.5, 0.6) is 0 Å². The second-order valence-corrected chi connectivity index (χ2v) is 16.3. The second-order valence-electron chi connectivity index (χ2n) is 6.29. The summed E-state index contributed by atoms with van der Waals surface area (Å²) in [6, 6.07) is 0. The van der Waals surface area contributed by atoms with Crippen molar-refractivity contribution in [3.8, 4) is 0 Å². The van der Waals surface area contributed by atoms with Gasteiger partial charge in [-0.05, 0) is 0 Å². The zero-order valence-electron chi connectivity index (χ0n) is 12.1. The van der Waals surface area contributed by atoms with Crippen LogP contribution in [0.4, 0.5) is 0 Å². The Labute approximate surface area is 111 Å². The number of nitrogens with zero attached hydrogens (tertiary/aromatic N) is 3. The molecular formula is C11H23N5Si2. The third-order valence-corrected chi connectivity index (χ3v) is 7.85. The molecule has 0 aliphatic carbocycles. The molecule has 0 saturated carbocycles. The smallest absolute Gasteiger partial charge is 0.180 e. The second kappa shape index (κ2) is 5.72. The summed E-state index contributed by atoms with van der Waals surface area (Å²) in [6.07, 6.45) is 4.76. The third kappa shape index (κ3) is 6.03. The van der Waals surface area contributed by atoms with Gasteiger partial charge in [0.15, 0.2) is 5.65 Å². The molecule has 0 radical (unpaired) electrons. The Balaban J connectivity index is 0.000000180. The van der Waals surface area contributed by atoms with Crippen LogP contribution in [0.3, 0.4) is 0 Å². The van der Waals surface area contributed by atoms with E-state index in [0.29, 0.717) is 5.65 Å². The Morgan fingerprint density at radius 1 is 1.00 bits per heavy atom. The van der Waals surface area contributed by atoms with E-state index in [1.165, 1.54) is 6.33 Å². The highest BCUT2D eigenvalue weighted by Gasteiger charge is 2.22. The molecule has 5 nitrogen and oxygen atoms in total. The number of aromatic nitrogens is 4. The van der Waals surface area contributed by atoms with Crippen molar-refractivity contribution < 1.29 is 0 Å². The zero-order chi connectivity index (χ0) is 13.8. The third-order valence-electron chi connectivity index (χ3n) is 1.85. The highest BCUT2D eigenvalue weighted by Crippen LogP contribution is 2.02. The summed E-state index contributed by atoms with van der Waals surface area (Å²) < 4.78 is 3.74. The number of fused-ring (bicyclic) bond motifs is 1. The number of imidazole rings is 1. The van der Waals surface area contributed by atoms with Crippen molar-refractivity contribution in [2.45, 2.75) is 39.3 Å². The van der Waals surface area contributed by atoms with Crippen molar-refractivity contribution in [2.24, 2.45) is 0 Å². The van der Waals surface area contributed by atoms with Crippen molar-refractivity contribution in [1.29, 1.82) is 0 Å². The minimum Gasteiger partial charge on any atom is -0.360 e. The van der Waals surface area contributed by atoms with Crippen molar-refractivity contribution in [3.05, 3.63) is 18.9 Å². The van der Waals surface area contributed by atoms with Crippen molar-refractivity contribution in [1.82, 2.24) is 24.6 Å².